The fourth-order valence-corrected chi connectivity index (χ4v) is 3.56. The highest BCUT2D eigenvalue weighted by atomic mass is 16.1. The van der Waals surface area contributed by atoms with Gasteiger partial charge < -0.3 is 0 Å². The normalized spacial score (nSPS) is 40.5. The van der Waals surface area contributed by atoms with E-state index in [1.54, 1.807) is 0 Å². The maximum atomic E-state index is 11.5. The second-order valence-corrected chi connectivity index (χ2v) is 5.26. The van der Waals surface area contributed by atoms with Crippen molar-refractivity contribution in [3.05, 3.63) is 12.7 Å². The minimum Gasteiger partial charge on any atom is -0.295 e. The van der Waals surface area contributed by atoms with Crippen LogP contribution in [0.5, 0.6) is 0 Å². The molecule has 0 saturated heterocycles. The summed E-state index contributed by atoms with van der Waals surface area (Å²) in [7, 11) is 0. The lowest BCUT2D eigenvalue weighted by atomic mass is 9.61. The summed E-state index contributed by atoms with van der Waals surface area (Å²) in [5.74, 6) is 3.85. The summed E-state index contributed by atoms with van der Waals surface area (Å²) in [4.78, 5) is 11.5. The molecule has 2 aliphatic carbocycles. The topological polar surface area (TPSA) is 17.1 Å². The number of fused-ring (bicyclic) bond motifs is 1. The van der Waals surface area contributed by atoms with Gasteiger partial charge in [0.05, 0.1) is 0 Å². The summed E-state index contributed by atoms with van der Waals surface area (Å²) in [5.41, 5.74) is 0. The molecule has 0 N–H and O–H groups in total. The average Bonchev–Trinajstić information content (AvgIpc) is 2.43. The third-order valence-corrected chi connectivity index (χ3v) is 4.40. The summed E-state index contributed by atoms with van der Waals surface area (Å²) in [6.07, 6.45) is 5.27. The summed E-state index contributed by atoms with van der Waals surface area (Å²) < 4.78 is 0. The number of allylic oxidation sites excluding steroid dienone is 1. The summed E-state index contributed by atoms with van der Waals surface area (Å²) in [5, 5.41) is 0. The van der Waals surface area contributed by atoms with Crippen LogP contribution in [0.4, 0.5) is 0 Å². The van der Waals surface area contributed by atoms with E-state index >= 15 is 0 Å². The molecule has 0 aromatic rings. The molecule has 14 heavy (non-hydrogen) atoms. The van der Waals surface area contributed by atoms with E-state index in [0.717, 1.165) is 24.2 Å². The molecule has 2 rings (SSSR count). The molecule has 2 saturated carbocycles. The molecule has 0 aliphatic heterocycles. The van der Waals surface area contributed by atoms with Crippen LogP contribution in [0.2, 0.25) is 0 Å². The van der Waals surface area contributed by atoms with E-state index in [9.17, 15) is 4.79 Å². The van der Waals surface area contributed by atoms with Crippen molar-refractivity contribution in [2.75, 3.05) is 0 Å². The molecule has 0 aromatic carbocycles. The zero-order valence-electron chi connectivity index (χ0n) is 9.20. The van der Waals surface area contributed by atoms with E-state index < -0.39 is 0 Å². The Balaban J connectivity index is 1.98. The molecule has 1 nitrogen and oxygen atoms in total. The second kappa shape index (κ2) is 3.52. The largest absolute Gasteiger partial charge is 0.295 e. The number of hydrogen-bond acceptors (Lipinski definition) is 1. The molecule has 0 radical (unpaired) electrons. The fraction of sp³-hybridized carbons (Fsp3) is 0.769. The molecule has 0 heterocycles. The van der Waals surface area contributed by atoms with Crippen LogP contribution in [0.1, 0.15) is 33.1 Å². The second-order valence-electron chi connectivity index (χ2n) is 5.26. The first-order chi connectivity index (χ1) is 6.65. The first-order valence-corrected chi connectivity index (χ1v) is 5.81. The minimum absolute atomic E-state index is 0.288. The highest BCUT2D eigenvalue weighted by Gasteiger charge is 2.51. The van der Waals surface area contributed by atoms with Crippen LogP contribution in [0.15, 0.2) is 12.7 Å². The van der Waals surface area contributed by atoms with Gasteiger partial charge in [0.2, 0.25) is 0 Å². The molecule has 1 heteroatoms. The smallest absolute Gasteiger partial charge is 0.158 e. The van der Waals surface area contributed by atoms with Crippen LogP contribution < -0.4 is 0 Å². The summed E-state index contributed by atoms with van der Waals surface area (Å²) in [6.45, 7) is 8.21. The van der Waals surface area contributed by atoms with Gasteiger partial charge in [-0.15, -0.1) is 0 Å². The van der Waals surface area contributed by atoms with Gasteiger partial charge in [-0.3, -0.25) is 4.79 Å². The molecule has 4 atom stereocenters. The van der Waals surface area contributed by atoms with Gasteiger partial charge in [-0.25, -0.2) is 0 Å². The van der Waals surface area contributed by atoms with Gasteiger partial charge in [0.1, 0.15) is 0 Å². The predicted molar refractivity (Wildman–Crippen MR) is 57.9 cm³/mol. The van der Waals surface area contributed by atoms with Crippen molar-refractivity contribution in [3.8, 4) is 0 Å². The van der Waals surface area contributed by atoms with Gasteiger partial charge in [0.25, 0.3) is 0 Å². The fourth-order valence-electron chi connectivity index (χ4n) is 3.56. The lowest BCUT2D eigenvalue weighted by Gasteiger charge is -2.42. The van der Waals surface area contributed by atoms with E-state index in [2.05, 4.69) is 20.4 Å². The van der Waals surface area contributed by atoms with Gasteiger partial charge in [-0.1, -0.05) is 20.4 Å². The number of carbonyl (C=O) groups excluding carboxylic acids is 1. The summed E-state index contributed by atoms with van der Waals surface area (Å²) in [6, 6.07) is 0. The zero-order chi connectivity index (χ0) is 10.3. The van der Waals surface area contributed by atoms with Gasteiger partial charge >= 0.3 is 0 Å². The van der Waals surface area contributed by atoms with Crippen molar-refractivity contribution in [3.63, 3.8) is 0 Å². The van der Waals surface area contributed by atoms with E-state index in [0.29, 0.717) is 11.8 Å². The van der Waals surface area contributed by atoms with Gasteiger partial charge in [-0.2, -0.15) is 0 Å². The lowest BCUT2D eigenvalue weighted by molar-refractivity contribution is -0.126. The molecular formula is C13H20O. The maximum absolute atomic E-state index is 11.5. The molecule has 78 valence electrons. The summed E-state index contributed by atoms with van der Waals surface area (Å²) >= 11 is 0. The average molecular weight is 192 g/mol. The molecular weight excluding hydrogens is 172 g/mol. The highest BCUT2D eigenvalue weighted by molar-refractivity contribution is 5.92. The third-order valence-electron chi connectivity index (χ3n) is 4.40. The Morgan fingerprint density at radius 2 is 2.07 bits per heavy atom. The molecule has 0 spiro atoms. The Hall–Kier alpha value is -0.590. The van der Waals surface area contributed by atoms with Gasteiger partial charge in [0.15, 0.2) is 5.78 Å². The van der Waals surface area contributed by atoms with E-state index in [1.807, 2.05) is 0 Å². The quantitative estimate of drug-likeness (QED) is 0.628. The van der Waals surface area contributed by atoms with Gasteiger partial charge in [0, 0.05) is 5.92 Å². The Kier molecular flexibility index (Phi) is 2.50. The first kappa shape index (κ1) is 9.95. The third kappa shape index (κ3) is 1.34. The van der Waals surface area contributed by atoms with Gasteiger partial charge in [-0.05, 0) is 49.0 Å². The van der Waals surface area contributed by atoms with Crippen molar-refractivity contribution < 1.29 is 4.79 Å². The lowest BCUT2D eigenvalue weighted by Crippen LogP contribution is -2.40. The molecule has 0 aromatic heterocycles. The van der Waals surface area contributed by atoms with Crippen LogP contribution >= 0.6 is 0 Å². The van der Waals surface area contributed by atoms with Crippen LogP contribution in [0.3, 0.4) is 0 Å². The molecule has 4 unspecified atom stereocenters. The zero-order valence-corrected chi connectivity index (χ0v) is 9.20. The van der Waals surface area contributed by atoms with Crippen molar-refractivity contribution in [1.29, 1.82) is 0 Å². The Morgan fingerprint density at radius 1 is 1.36 bits per heavy atom. The van der Waals surface area contributed by atoms with Crippen LogP contribution in [0.25, 0.3) is 0 Å². The monoisotopic (exact) mass is 192 g/mol. The maximum Gasteiger partial charge on any atom is 0.158 e. The minimum atomic E-state index is 0.288. The number of ketones is 1. The first-order valence-electron chi connectivity index (χ1n) is 5.81. The number of hydrogen-bond donors (Lipinski definition) is 0. The molecule has 0 bridgehead atoms. The number of carbonyl (C=O) groups is 1. The van der Waals surface area contributed by atoms with Crippen molar-refractivity contribution >= 4 is 5.78 Å². The van der Waals surface area contributed by atoms with E-state index in [1.165, 1.54) is 18.9 Å². The molecule has 2 fully saturated rings. The standard InChI is InChI=1S/C13H20O/c1-4-13(14)12-7-11-9(8(2)3)5-6-10(11)12/h4,8-12H,1,5-7H2,2-3H3. The SMILES string of the molecule is C=CC(=O)C1CC2C(C(C)C)CCC12. The predicted octanol–water partition coefficient (Wildman–Crippen LogP) is 3.06. The van der Waals surface area contributed by atoms with Crippen LogP contribution in [-0.2, 0) is 4.79 Å². The highest BCUT2D eigenvalue weighted by Crippen LogP contribution is 2.56. The van der Waals surface area contributed by atoms with Crippen molar-refractivity contribution in [2.45, 2.75) is 33.1 Å². The van der Waals surface area contributed by atoms with Crippen LogP contribution in [-0.4, -0.2) is 5.78 Å². The van der Waals surface area contributed by atoms with Crippen LogP contribution in [0, 0.1) is 29.6 Å². The molecule has 2 aliphatic rings. The van der Waals surface area contributed by atoms with E-state index in [4.69, 9.17) is 0 Å². The Bertz CT molecular complexity index is 254. The van der Waals surface area contributed by atoms with Crippen molar-refractivity contribution in [2.24, 2.45) is 29.6 Å². The molecule has 0 amide bonds. The Morgan fingerprint density at radius 3 is 2.64 bits per heavy atom. The Labute approximate surface area is 86.6 Å². The van der Waals surface area contributed by atoms with Crippen molar-refractivity contribution in [1.82, 2.24) is 0 Å². The number of rotatable bonds is 3. The van der Waals surface area contributed by atoms with E-state index in [-0.39, 0.29) is 5.78 Å².